The van der Waals surface area contributed by atoms with E-state index in [0.29, 0.717) is 35.9 Å². The lowest BCUT2D eigenvalue weighted by atomic mass is 10.0. The van der Waals surface area contributed by atoms with E-state index in [1.54, 1.807) is 22.7 Å². The number of unbranched alkanes of at least 4 members (excludes halogenated alkanes) is 10. The van der Waals surface area contributed by atoms with Crippen LogP contribution in [0.4, 0.5) is 0 Å². The van der Waals surface area contributed by atoms with Gasteiger partial charge in [-0.1, -0.05) is 90.2 Å². The van der Waals surface area contributed by atoms with Crippen LogP contribution in [0.15, 0.2) is 47.2 Å². The number of nitrogens with zero attached hydrogens (tertiary/aromatic N) is 2. The zero-order valence-electron chi connectivity index (χ0n) is 25.2. The maximum atomic E-state index is 9.98. The Morgan fingerprint density at radius 2 is 1.05 bits per heavy atom. The second-order valence-corrected chi connectivity index (χ2v) is 12.3. The Kier molecular flexibility index (Phi) is 15.6. The lowest BCUT2D eigenvalue weighted by Crippen LogP contribution is -2.03. The van der Waals surface area contributed by atoms with Gasteiger partial charge in [-0.15, -0.1) is 22.7 Å². The van der Waals surface area contributed by atoms with E-state index < -0.39 is 0 Å². The summed E-state index contributed by atoms with van der Waals surface area (Å²) in [6.45, 7) is 5.66. The minimum absolute atomic E-state index is 0.593. The van der Waals surface area contributed by atoms with Crippen molar-refractivity contribution in [3.05, 3.63) is 68.0 Å². The molecule has 42 heavy (non-hydrogen) atoms. The summed E-state index contributed by atoms with van der Waals surface area (Å²) in [6, 6.07) is 16.5. The predicted octanol–water partition coefficient (Wildman–Crippen LogP) is 11.4. The first-order chi connectivity index (χ1) is 20.7. The average molecular weight is 601 g/mol. The average Bonchev–Trinajstić information content (AvgIpc) is 3.74. The van der Waals surface area contributed by atoms with Gasteiger partial charge >= 0.3 is 0 Å². The summed E-state index contributed by atoms with van der Waals surface area (Å²) in [5.41, 5.74) is 2.82. The summed E-state index contributed by atoms with van der Waals surface area (Å²) in [5.74, 6) is 1.41. The molecule has 0 saturated carbocycles. The molecule has 1 aromatic carbocycles. The van der Waals surface area contributed by atoms with Crippen molar-refractivity contribution in [3.8, 4) is 23.6 Å². The second-order valence-electron chi connectivity index (χ2n) is 10.5. The number of nitriles is 2. The van der Waals surface area contributed by atoms with Crippen molar-refractivity contribution in [2.75, 3.05) is 13.2 Å². The van der Waals surface area contributed by atoms with E-state index in [4.69, 9.17) is 9.47 Å². The number of hydrogen-bond donors (Lipinski definition) is 0. The van der Waals surface area contributed by atoms with E-state index in [9.17, 15) is 10.5 Å². The standard InChI is InChI=1S/C36H44N2O2S2/c1-3-5-7-9-11-13-19-39-33-25-30(24-32(28-38)36-18-16-22-42-36)34(40-20-14-12-10-8-6-4-2)26-29(33)23-31(27-37)35-17-15-21-41-35/h15-18,21-26H,3-14,19-20H2,1-2H3/b31-23+,32-24+. The normalized spacial score (nSPS) is 11.7. The molecule has 0 N–H and O–H groups in total. The third-order valence-corrected chi connectivity index (χ3v) is 8.87. The summed E-state index contributed by atoms with van der Waals surface area (Å²) in [7, 11) is 0. The minimum Gasteiger partial charge on any atom is -0.493 e. The lowest BCUT2D eigenvalue weighted by Gasteiger charge is -2.16. The van der Waals surface area contributed by atoms with Crippen LogP contribution in [0.5, 0.6) is 11.5 Å². The molecule has 0 aliphatic heterocycles. The Morgan fingerprint density at radius 3 is 1.40 bits per heavy atom. The van der Waals surface area contributed by atoms with E-state index in [0.717, 1.165) is 46.6 Å². The van der Waals surface area contributed by atoms with Gasteiger partial charge in [0.15, 0.2) is 0 Å². The Morgan fingerprint density at radius 1 is 0.643 bits per heavy atom. The third kappa shape index (κ3) is 11.2. The molecule has 2 aromatic heterocycles. The molecule has 0 spiro atoms. The molecule has 222 valence electrons. The highest BCUT2D eigenvalue weighted by Crippen LogP contribution is 2.36. The van der Waals surface area contributed by atoms with E-state index in [2.05, 4.69) is 26.0 Å². The van der Waals surface area contributed by atoms with Crippen LogP contribution in [0.2, 0.25) is 0 Å². The number of rotatable bonds is 20. The molecule has 3 aromatic rings. The highest BCUT2D eigenvalue weighted by atomic mass is 32.1. The third-order valence-electron chi connectivity index (χ3n) is 7.07. The van der Waals surface area contributed by atoms with Crippen molar-refractivity contribution in [1.82, 2.24) is 0 Å². The molecule has 0 amide bonds. The Hall–Kier alpha value is -3.32. The molecule has 4 nitrogen and oxygen atoms in total. The van der Waals surface area contributed by atoms with Crippen LogP contribution in [0, 0.1) is 22.7 Å². The fraction of sp³-hybridized carbons (Fsp3) is 0.444. The van der Waals surface area contributed by atoms with E-state index in [-0.39, 0.29) is 0 Å². The van der Waals surface area contributed by atoms with Gasteiger partial charge in [-0.3, -0.25) is 0 Å². The molecule has 0 aliphatic rings. The summed E-state index contributed by atoms with van der Waals surface area (Å²) < 4.78 is 12.7. The van der Waals surface area contributed by atoms with Crippen molar-refractivity contribution < 1.29 is 9.47 Å². The Bertz CT molecular complexity index is 1220. The van der Waals surface area contributed by atoms with Gasteiger partial charge in [0, 0.05) is 20.9 Å². The summed E-state index contributed by atoms with van der Waals surface area (Å²) in [5, 5.41) is 23.9. The largest absolute Gasteiger partial charge is 0.493 e. The van der Waals surface area contributed by atoms with Crippen molar-refractivity contribution in [1.29, 1.82) is 10.5 Å². The number of allylic oxidation sites excluding steroid dienone is 2. The fourth-order valence-corrected chi connectivity index (χ4v) is 6.07. The smallest absolute Gasteiger partial charge is 0.127 e. The van der Waals surface area contributed by atoms with Gasteiger partial charge in [-0.05, 0) is 60.0 Å². The molecule has 0 atom stereocenters. The van der Waals surface area contributed by atoms with Gasteiger partial charge in [-0.2, -0.15) is 10.5 Å². The molecule has 0 radical (unpaired) electrons. The summed E-state index contributed by atoms with van der Waals surface area (Å²) in [6.07, 6.45) is 18.0. The van der Waals surface area contributed by atoms with Crippen LogP contribution < -0.4 is 9.47 Å². The molecule has 6 heteroatoms. The highest BCUT2D eigenvalue weighted by molar-refractivity contribution is 7.11. The van der Waals surface area contributed by atoms with Crippen LogP contribution >= 0.6 is 22.7 Å². The first-order valence-electron chi connectivity index (χ1n) is 15.4. The van der Waals surface area contributed by atoms with E-state index in [1.807, 2.05) is 59.3 Å². The minimum atomic E-state index is 0.593. The molecule has 0 unspecified atom stereocenters. The summed E-state index contributed by atoms with van der Waals surface area (Å²) in [4.78, 5) is 1.84. The van der Waals surface area contributed by atoms with Gasteiger partial charge in [0.2, 0.25) is 0 Å². The number of benzene rings is 1. The van der Waals surface area contributed by atoms with Gasteiger partial charge < -0.3 is 9.47 Å². The Labute approximate surface area is 260 Å². The van der Waals surface area contributed by atoms with Crippen molar-refractivity contribution in [2.24, 2.45) is 0 Å². The van der Waals surface area contributed by atoms with E-state index in [1.165, 1.54) is 51.4 Å². The highest BCUT2D eigenvalue weighted by Gasteiger charge is 2.14. The van der Waals surface area contributed by atoms with Gasteiger partial charge in [0.25, 0.3) is 0 Å². The van der Waals surface area contributed by atoms with Crippen LogP contribution in [-0.2, 0) is 0 Å². The van der Waals surface area contributed by atoms with Gasteiger partial charge in [0.05, 0.1) is 24.4 Å². The van der Waals surface area contributed by atoms with Crippen LogP contribution in [0.25, 0.3) is 23.3 Å². The van der Waals surface area contributed by atoms with Crippen LogP contribution in [0.1, 0.15) is 112 Å². The topological polar surface area (TPSA) is 66.0 Å². The molecule has 0 saturated heterocycles. The SMILES string of the molecule is CCCCCCCCOc1cc(/C=C(\C#N)c2cccs2)c(OCCCCCCCC)cc1/C=C(\C#N)c1cccs1. The predicted molar refractivity (Wildman–Crippen MR) is 180 cm³/mol. The van der Waals surface area contributed by atoms with Gasteiger partial charge in [-0.25, -0.2) is 0 Å². The molecule has 2 heterocycles. The maximum absolute atomic E-state index is 9.98. The zero-order chi connectivity index (χ0) is 29.8. The molecular formula is C36H44N2O2S2. The molecular weight excluding hydrogens is 557 g/mol. The molecule has 3 rings (SSSR count). The molecule has 0 bridgehead atoms. The van der Waals surface area contributed by atoms with Crippen LogP contribution in [-0.4, -0.2) is 13.2 Å². The van der Waals surface area contributed by atoms with E-state index >= 15 is 0 Å². The number of ether oxygens (including phenoxy) is 2. The molecule has 0 fully saturated rings. The number of hydrogen-bond acceptors (Lipinski definition) is 6. The first kappa shape index (κ1) is 33.2. The van der Waals surface area contributed by atoms with Gasteiger partial charge in [0.1, 0.15) is 23.6 Å². The quantitative estimate of drug-likeness (QED) is 0.0955. The summed E-state index contributed by atoms with van der Waals surface area (Å²) >= 11 is 3.09. The maximum Gasteiger partial charge on any atom is 0.127 e. The molecule has 0 aliphatic carbocycles. The van der Waals surface area contributed by atoms with Crippen LogP contribution in [0.3, 0.4) is 0 Å². The zero-order valence-corrected chi connectivity index (χ0v) is 26.8. The van der Waals surface area contributed by atoms with Crippen molar-refractivity contribution in [2.45, 2.75) is 90.9 Å². The monoisotopic (exact) mass is 600 g/mol. The fourth-order valence-electron chi connectivity index (χ4n) is 4.69. The number of thiophene rings is 2. The Balaban J connectivity index is 1.94. The second kappa shape index (κ2) is 19.7. The van der Waals surface area contributed by atoms with Crippen molar-refractivity contribution in [3.63, 3.8) is 0 Å². The lowest BCUT2D eigenvalue weighted by molar-refractivity contribution is 0.295. The van der Waals surface area contributed by atoms with Crippen molar-refractivity contribution >= 4 is 46.0 Å². The first-order valence-corrected chi connectivity index (χ1v) is 17.2.